The zero-order chi connectivity index (χ0) is 13.1. The maximum atomic E-state index is 11.7. The van der Waals surface area contributed by atoms with Crippen molar-refractivity contribution in [2.45, 2.75) is 33.9 Å². The van der Waals surface area contributed by atoms with E-state index in [-0.39, 0.29) is 12.5 Å². The summed E-state index contributed by atoms with van der Waals surface area (Å²) < 4.78 is 0. The molecule has 0 aliphatic heterocycles. The Morgan fingerprint density at radius 1 is 1.41 bits per heavy atom. The molecule has 0 fully saturated rings. The third kappa shape index (κ3) is 4.02. The van der Waals surface area contributed by atoms with Gasteiger partial charge in [-0.05, 0) is 17.2 Å². The molecule has 0 aliphatic carbocycles. The second kappa shape index (κ2) is 5.52. The first-order chi connectivity index (χ1) is 7.84. The van der Waals surface area contributed by atoms with E-state index in [0.717, 1.165) is 5.56 Å². The number of amides is 1. The SMILES string of the molecule is CC(C)(C)C(=O)NCc1ccc(Cl)c(CO)c1. The number of hydrogen-bond acceptors (Lipinski definition) is 2. The van der Waals surface area contributed by atoms with Gasteiger partial charge in [0.15, 0.2) is 0 Å². The Balaban J connectivity index is 2.67. The molecule has 0 unspecified atom stereocenters. The van der Waals surface area contributed by atoms with Crippen LogP contribution in [0.2, 0.25) is 5.02 Å². The standard InChI is InChI=1S/C13H18ClNO2/c1-13(2,3)12(17)15-7-9-4-5-11(14)10(6-9)8-16/h4-6,16H,7-8H2,1-3H3,(H,15,17). The summed E-state index contributed by atoms with van der Waals surface area (Å²) in [7, 11) is 0. The van der Waals surface area contributed by atoms with Crippen LogP contribution in [-0.2, 0) is 17.9 Å². The predicted octanol–water partition coefficient (Wildman–Crippen LogP) is 2.49. The summed E-state index contributed by atoms with van der Waals surface area (Å²) in [5.74, 6) is -0.00185. The molecule has 17 heavy (non-hydrogen) atoms. The minimum Gasteiger partial charge on any atom is -0.392 e. The number of rotatable bonds is 3. The van der Waals surface area contributed by atoms with Gasteiger partial charge < -0.3 is 10.4 Å². The molecule has 0 radical (unpaired) electrons. The fourth-order valence-corrected chi connectivity index (χ4v) is 1.48. The smallest absolute Gasteiger partial charge is 0.225 e. The summed E-state index contributed by atoms with van der Waals surface area (Å²) in [6.45, 7) is 5.94. The van der Waals surface area contributed by atoms with Gasteiger partial charge >= 0.3 is 0 Å². The molecule has 0 saturated heterocycles. The number of benzene rings is 1. The summed E-state index contributed by atoms with van der Waals surface area (Å²) in [4.78, 5) is 11.7. The third-order valence-corrected chi connectivity index (χ3v) is 2.78. The van der Waals surface area contributed by atoms with Gasteiger partial charge in [0.25, 0.3) is 0 Å². The van der Waals surface area contributed by atoms with Crippen LogP contribution in [-0.4, -0.2) is 11.0 Å². The van der Waals surface area contributed by atoms with Crippen molar-refractivity contribution >= 4 is 17.5 Å². The topological polar surface area (TPSA) is 49.3 Å². The van der Waals surface area contributed by atoms with E-state index in [1.807, 2.05) is 26.8 Å². The molecular weight excluding hydrogens is 238 g/mol. The van der Waals surface area contributed by atoms with Crippen molar-refractivity contribution in [1.29, 1.82) is 0 Å². The Kier molecular flexibility index (Phi) is 4.54. The number of hydrogen-bond donors (Lipinski definition) is 2. The van der Waals surface area contributed by atoms with E-state index in [2.05, 4.69) is 5.32 Å². The van der Waals surface area contributed by atoms with Crippen LogP contribution in [0.4, 0.5) is 0 Å². The molecule has 2 N–H and O–H groups in total. The van der Waals surface area contributed by atoms with E-state index >= 15 is 0 Å². The van der Waals surface area contributed by atoms with Gasteiger partial charge in [0.2, 0.25) is 5.91 Å². The Bertz CT molecular complexity index is 410. The lowest BCUT2D eigenvalue weighted by atomic mass is 9.95. The molecule has 4 heteroatoms. The van der Waals surface area contributed by atoms with E-state index in [1.165, 1.54) is 0 Å². The zero-order valence-electron chi connectivity index (χ0n) is 10.4. The minimum absolute atomic E-state index is 0.00185. The fourth-order valence-electron chi connectivity index (χ4n) is 1.31. The van der Waals surface area contributed by atoms with Crippen LogP contribution in [0.25, 0.3) is 0 Å². The Hall–Kier alpha value is -1.06. The van der Waals surface area contributed by atoms with E-state index in [0.29, 0.717) is 17.1 Å². The highest BCUT2D eigenvalue weighted by Gasteiger charge is 2.20. The third-order valence-electron chi connectivity index (χ3n) is 2.41. The van der Waals surface area contributed by atoms with Crippen molar-refractivity contribution < 1.29 is 9.90 Å². The zero-order valence-corrected chi connectivity index (χ0v) is 11.1. The second-order valence-corrected chi connectivity index (χ2v) is 5.42. The Morgan fingerprint density at radius 3 is 2.59 bits per heavy atom. The van der Waals surface area contributed by atoms with E-state index in [1.54, 1.807) is 12.1 Å². The number of carbonyl (C=O) groups excluding carboxylic acids is 1. The summed E-state index contributed by atoms with van der Waals surface area (Å²) >= 11 is 5.88. The van der Waals surface area contributed by atoms with Crippen molar-refractivity contribution in [2.24, 2.45) is 5.41 Å². The number of carbonyl (C=O) groups is 1. The monoisotopic (exact) mass is 255 g/mol. The lowest BCUT2D eigenvalue weighted by Gasteiger charge is -2.17. The van der Waals surface area contributed by atoms with E-state index in [4.69, 9.17) is 16.7 Å². The first kappa shape index (κ1) is 14.0. The van der Waals surface area contributed by atoms with Crippen LogP contribution in [0.5, 0.6) is 0 Å². The van der Waals surface area contributed by atoms with Gasteiger partial charge in [0.05, 0.1) is 6.61 Å². The Labute approximate surface area is 107 Å². The van der Waals surface area contributed by atoms with E-state index in [9.17, 15) is 4.79 Å². The summed E-state index contributed by atoms with van der Waals surface area (Å²) in [6, 6.07) is 5.36. The highest BCUT2D eigenvalue weighted by molar-refractivity contribution is 6.31. The first-order valence-corrected chi connectivity index (χ1v) is 5.89. The van der Waals surface area contributed by atoms with Gasteiger partial charge in [-0.25, -0.2) is 0 Å². The van der Waals surface area contributed by atoms with Crippen LogP contribution in [0.3, 0.4) is 0 Å². The quantitative estimate of drug-likeness (QED) is 0.872. The van der Waals surface area contributed by atoms with Gasteiger partial charge in [-0.1, -0.05) is 44.5 Å². The number of aliphatic hydroxyl groups is 1. The second-order valence-electron chi connectivity index (χ2n) is 5.02. The van der Waals surface area contributed by atoms with Crippen molar-refractivity contribution in [2.75, 3.05) is 0 Å². The lowest BCUT2D eigenvalue weighted by Crippen LogP contribution is -2.34. The van der Waals surface area contributed by atoms with Gasteiger partial charge in [-0.3, -0.25) is 4.79 Å². The molecule has 0 bridgehead atoms. The van der Waals surface area contributed by atoms with Gasteiger partial charge in [0.1, 0.15) is 0 Å². The van der Waals surface area contributed by atoms with Crippen molar-refractivity contribution in [3.05, 3.63) is 34.3 Å². The number of nitrogens with one attached hydrogen (secondary N) is 1. The average molecular weight is 256 g/mol. The largest absolute Gasteiger partial charge is 0.392 e. The number of aliphatic hydroxyl groups excluding tert-OH is 1. The minimum atomic E-state index is -0.397. The molecule has 1 aromatic rings. The first-order valence-electron chi connectivity index (χ1n) is 5.51. The molecule has 0 atom stereocenters. The van der Waals surface area contributed by atoms with Crippen LogP contribution < -0.4 is 5.32 Å². The Morgan fingerprint density at radius 2 is 2.06 bits per heavy atom. The molecule has 0 saturated carbocycles. The molecule has 0 heterocycles. The maximum absolute atomic E-state index is 11.7. The highest BCUT2D eigenvalue weighted by atomic mass is 35.5. The van der Waals surface area contributed by atoms with Crippen LogP contribution >= 0.6 is 11.6 Å². The van der Waals surface area contributed by atoms with Crippen molar-refractivity contribution in [3.63, 3.8) is 0 Å². The van der Waals surface area contributed by atoms with E-state index < -0.39 is 5.41 Å². The van der Waals surface area contributed by atoms with Gasteiger partial charge in [-0.15, -0.1) is 0 Å². The predicted molar refractivity (Wildman–Crippen MR) is 68.7 cm³/mol. The maximum Gasteiger partial charge on any atom is 0.225 e. The summed E-state index contributed by atoms with van der Waals surface area (Å²) in [5.41, 5.74) is 1.21. The van der Waals surface area contributed by atoms with Gasteiger partial charge in [0, 0.05) is 17.0 Å². The molecule has 1 rings (SSSR count). The lowest BCUT2D eigenvalue weighted by molar-refractivity contribution is -0.128. The molecule has 94 valence electrons. The molecule has 1 amide bonds. The van der Waals surface area contributed by atoms with Crippen LogP contribution in [0.1, 0.15) is 31.9 Å². The average Bonchev–Trinajstić information content (AvgIpc) is 2.26. The fraction of sp³-hybridized carbons (Fsp3) is 0.462. The molecule has 0 aromatic heterocycles. The normalized spacial score (nSPS) is 11.4. The molecule has 0 aliphatic rings. The highest BCUT2D eigenvalue weighted by Crippen LogP contribution is 2.18. The molecule has 3 nitrogen and oxygen atoms in total. The van der Waals surface area contributed by atoms with Gasteiger partial charge in [-0.2, -0.15) is 0 Å². The molecule has 1 aromatic carbocycles. The van der Waals surface area contributed by atoms with Crippen molar-refractivity contribution in [3.8, 4) is 0 Å². The summed E-state index contributed by atoms with van der Waals surface area (Å²) in [6.07, 6.45) is 0. The number of halogens is 1. The summed E-state index contributed by atoms with van der Waals surface area (Å²) in [5, 5.41) is 12.5. The molecular formula is C13H18ClNO2. The molecule has 0 spiro atoms. The van der Waals surface area contributed by atoms with Crippen LogP contribution in [0, 0.1) is 5.41 Å². The van der Waals surface area contributed by atoms with Crippen molar-refractivity contribution in [1.82, 2.24) is 5.32 Å². The van der Waals surface area contributed by atoms with Crippen LogP contribution in [0.15, 0.2) is 18.2 Å².